The highest BCUT2D eigenvalue weighted by molar-refractivity contribution is 7.80. The molecular formula is C86H129N25O22S2. The Bertz CT molecular complexity index is 4680. The smallest absolute Gasteiger partial charge is 0.326 e. The Labute approximate surface area is 790 Å². The molecule has 16 atom stereocenters. The molecule has 6 rings (SSSR count). The zero-order valence-corrected chi connectivity index (χ0v) is 77.2. The van der Waals surface area contributed by atoms with Crippen molar-refractivity contribution in [2.45, 2.75) is 233 Å². The van der Waals surface area contributed by atoms with Crippen molar-refractivity contribution in [3.05, 3.63) is 108 Å². The van der Waals surface area contributed by atoms with Gasteiger partial charge in [0, 0.05) is 75.8 Å². The molecule has 3 heterocycles. The van der Waals surface area contributed by atoms with Crippen LogP contribution in [0.25, 0.3) is 0 Å². The number of carboxylic acids is 1. The quantitative estimate of drug-likeness (QED) is 0.00845. The summed E-state index contributed by atoms with van der Waals surface area (Å²) < 4.78 is 0. The van der Waals surface area contributed by atoms with Crippen molar-refractivity contribution in [3.8, 4) is 17.2 Å². The number of aliphatic hydroxyl groups excluding tert-OH is 1. The van der Waals surface area contributed by atoms with Crippen LogP contribution in [0.5, 0.6) is 17.2 Å². The van der Waals surface area contributed by atoms with Crippen LogP contribution in [0.1, 0.15) is 133 Å². The zero-order chi connectivity index (χ0) is 99.7. The molecule has 32 N–H and O–H groups in total. The molecule has 0 spiro atoms. The van der Waals surface area contributed by atoms with Gasteiger partial charge >= 0.3 is 5.97 Å². The number of guanidine groups is 1. The van der Waals surface area contributed by atoms with E-state index in [1.807, 2.05) is 0 Å². The van der Waals surface area contributed by atoms with Gasteiger partial charge in [0.1, 0.15) is 108 Å². The number of likely N-dealkylation sites (tertiary alicyclic amines) is 2. The first kappa shape index (κ1) is 111. The molecule has 0 aliphatic carbocycles. The maximum Gasteiger partial charge on any atom is 0.326 e. The number of amides is 16. The summed E-state index contributed by atoms with van der Waals surface area (Å²) in [5.74, 6) is -17.8. The number of nitrogens with two attached hydrogens (primary N) is 6. The highest BCUT2D eigenvalue weighted by Gasteiger charge is 2.44. The van der Waals surface area contributed by atoms with Crippen LogP contribution in [-0.2, 0) is 107 Å². The maximum absolute atomic E-state index is 14.9. The number of thiol groups is 2. The van der Waals surface area contributed by atoms with Gasteiger partial charge in [-0.25, -0.2) is 9.78 Å². The molecule has 0 saturated carbocycles. The van der Waals surface area contributed by atoms with E-state index in [4.69, 9.17) is 39.8 Å². The summed E-state index contributed by atoms with van der Waals surface area (Å²) >= 11 is 8.58. The predicted molar refractivity (Wildman–Crippen MR) is 496 cm³/mol. The van der Waals surface area contributed by atoms with Crippen LogP contribution in [0.2, 0.25) is 0 Å². The number of aromatic amines is 1. The summed E-state index contributed by atoms with van der Waals surface area (Å²) in [6.07, 6.45) is 2.72. The zero-order valence-electron chi connectivity index (χ0n) is 75.4. The molecule has 742 valence electrons. The van der Waals surface area contributed by atoms with Crippen molar-refractivity contribution in [1.82, 2.24) is 93.8 Å². The number of likely N-dealkylation sites (N-methyl/N-ethyl adjacent to an activating group) is 1. The number of hydrogen-bond donors (Lipinski definition) is 28. The number of carboxylic acid groups (broad SMARTS) is 1. The number of carbonyl (C=O) groups is 17. The molecule has 0 bridgehead atoms. The van der Waals surface area contributed by atoms with Crippen molar-refractivity contribution in [2.75, 3.05) is 64.4 Å². The molecule has 0 radical (unpaired) electrons. The van der Waals surface area contributed by atoms with E-state index >= 15 is 0 Å². The summed E-state index contributed by atoms with van der Waals surface area (Å²) in [7, 11) is 1.34. The number of primary amides is 1. The molecule has 4 aromatic rings. The number of carbonyl (C=O) groups excluding carboxylic acids is 16. The fraction of sp³-hybridized carbons (Fsp3) is 0.547. The molecule has 1 aromatic heterocycles. The Hall–Kier alpha value is -13.0. The minimum Gasteiger partial charge on any atom is -0.508 e. The fourth-order valence-electron chi connectivity index (χ4n) is 15.0. The number of benzene rings is 3. The Morgan fingerprint density at radius 1 is 0.474 bits per heavy atom. The van der Waals surface area contributed by atoms with Crippen LogP contribution >= 0.6 is 25.3 Å². The number of phenols is 3. The Kier molecular flexibility index (Phi) is 46.2. The SMILES string of the molecule is C[C@H](NC(=O)[C@H](Cc1cnc[nH]1)NC(=O)[C@@H](N)Cc1ccc(O)cc1)C(=O)N[C@@H](CS)C(=O)N[C@@H](CO)C(=O)N[C@@H](C)C(=O)N1CCC[C@H]1C(=O)N[C@@H](CCN)C(=O)N[C@@H](CCCNC(=N)N)C(=O)N[C@@H](Cc1ccc(O)cc1)C(=O)N[C@@H](CS)C(=O)N[C@@H](Cc1ccc(O)cc1)C(=O)N[C@@H](CCC(N)=O)C(=O)N[C@@H](CCCCN)C(=O)N(C)[C@@H](CCCCN)C(=O)N1CCC[C@H]1C(=O)O. The number of unbranched alkanes of at least 4 members (excludes halogenated alkanes) is 2. The second kappa shape index (κ2) is 56.3. The first-order chi connectivity index (χ1) is 64.2. The van der Waals surface area contributed by atoms with Crippen LogP contribution in [0.3, 0.4) is 0 Å². The second-order valence-corrected chi connectivity index (χ2v) is 33.7. The molecule has 47 nitrogen and oxygen atoms in total. The minimum atomic E-state index is -1.76. The average molecular weight is 1930 g/mol. The average Bonchev–Trinajstić information content (AvgIpc) is 1.75. The number of nitrogens with zero attached hydrogens (tertiary/aromatic N) is 4. The molecule has 2 fully saturated rings. The number of imidazole rings is 1. The molecule has 49 heteroatoms. The summed E-state index contributed by atoms with van der Waals surface area (Å²) in [4.78, 5) is 250. The largest absolute Gasteiger partial charge is 0.508 e. The first-order valence-electron chi connectivity index (χ1n) is 44.4. The van der Waals surface area contributed by atoms with E-state index in [-0.39, 0.29) is 146 Å². The Morgan fingerprint density at radius 3 is 1.36 bits per heavy atom. The molecular weight excluding hydrogens is 1800 g/mol. The van der Waals surface area contributed by atoms with E-state index in [1.165, 1.54) is 99.0 Å². The molecule has 2 saturated heterocycles. The van der Waals surface area contributed by atoms with Crippen molar-refractivity contribution in [1.29, 1.82) is 5.41 Å². The number of aromatic nitrogens is 2. The van der Waals surface area contributed by atoms with Crippen LogP contribution in [0, 0.1) is 5.41 Å². The van der Waals surface area contributed by atoms with Gasteiger partial charge in [-0.3, -0.25) is 82.1 Å². The summed E-state index contributed by atoms with van der Waals surface area (Å²) in [6, 6.07) is -6.66. The van der Waals surface area contributed by atoms with Gasteiger partial charge in [0.25, 0.3) is 0 Å². The van der Waals surface area contributed by atoms with Gasteiger partial charge in [0.05, 0.1) is 19.0 Å². The third kappa shape index (κ3) is 35.7. The van der Waals surface area contributed by atoms with Gasteiger partial charge in [0.15, 0.2) is 5.96 Å². The predicted octanol–water partition coefficient (Wildman–Crippen LogP) is -7.14. The number of rotatable bonds is 57. The van der Waals surface area contributed by atoms with E-state index < -0.39 is 228 Å². The van der Waals surface area contributed by atoms with Gasteiger partial charge < -0.3 is 149 Å². The van der Waals surface area contributed by atoms with Crippen molar-refractivity contribution in [3.63, 3.8) is 0 Å². The number of H-pyrrole nitrogens is 1. The van der Waals surface area contributed by atoms with Crippen LogP contribution < -0.4 is 104 Å². The van der Waals surface area contributed by atoms with Gasteiger partial charge in [-0.05, 0) is 183 Å². The van der Waals surface area contributed by atoms with Crippen molar-refractivity contribution >= 4 is 132 Å². The van der Waals surface area contributed by atoms with E-state index in [2.05, 4.69) is 104 Å². The summed E-state index contributed by atoms with van der Waals surface area (Å²) in [5.41, 5.74) is 36.7. The number of hydrogen-bond acceptors (Lipinski definition) is 29. The van der Waals surface area contributed by atoms with E-state index in [0.717, 1.165) is 9.80 Å². The molecule has 135 heavy (non-hydrogen) atoms. The van der Waals surface area contributed by atoms with E-state index in [9.17, 15) is 107 Å². The van der Waals surface area contributed by atoms with Crippen molar-refractivity contribution < 1.29 is 107 Å². The van der Waals surface area contributed by atoms with Gasteiger partial charge in [-0.15, -0.1) is 0 Å². The summed E-state index contributed by atoms with van der Waals surface area (Å²) in [6.45, 7) is 1.71. The lowest BCUT2D eigenvalue weighted by Gasteiger charge is -2.35. The molecule has 2 aliphatic rings. The lowest BCUT2D eigenvalue weighted by Crippen LogP contribution is -2.61. The molecule has 3 aromatic carbocycles. The van der Waals surface area contributed by atoms with Gasteiger partial charge in [-0.2, -0.15) is 25.3 Å². The topological polar surface area (TPSA) is 766 Å². The Balaban J connectivity index is 1.15. The normalized spacial score (nSPS) is 16.5. The first-order valence-corrected chi connectivity index (χ1v) is 45.6. The lowest BCUT2D eigenvalue weighted by molar-refractivity contribution is -0.153. The van der Waals surface area contributed by atoms with Crippen LogP contribution in [-0.4, -0.2) is 318 Å². The lowest BCUT2D eigenvalue weighted by atomic mass is 10.0. The van der Waals surface area contributed by atoms with E-state index in [1.54, 1.807) is 12.1 Å². The fourth-order valence-corrected chi connectivity index (χ4v) is 15.5. The van der Waals surface area contributed by atoms with Crippen LogP contribution in [0.15, 0.2) is 85.3 Å². The van der Waals surface area contributed by atoms with Crippen LogP contribution in [0.4, 0.5) is 0 Å². The van der Waals surface area contributed by atoms with Gasteiger partial charge in [0.2, 0.25) is 94.5 Å². The highest BCUT2D eigenvalue weighted by atomic mass is 32.1. The minimum absolute atomic E-state index is 0.00182. The third-order valence-corrected chi connectivity index (χ3v) is 23.3. The number of phenolic OH excluding ortho intramolecular Hbond substituents is 3. The van der Waals surface area contributed by atoms with Crippen molar-refractivity contribution in [2.24, 2.45) is 34.4 Å². The van der Waals surface area contributed by atoms with E-state index in [0.29, 0.717) is 48.1 Å². The number of aliphatic carboxylic acids is 1. The number of nitrogens with one attached hydrogen (secondary N) is 15. The second-order valence-electron chi connectivity index (χ2n) is 32.9. The molecule has 16 amide bonds. The highest BCUT2D eigenvalue weighted by Crippen LogP contribution is 2.25. The third-order valence-electron chi connectivity index (χ3n) is 22.6. The monoisotopic (exact) mass is 1930 g/mol. The Morgan fingerprint density at radius 2 is 0.881 bits per heavy atom. The number of aromatic hydroxyl groups is 3. The standard InChI is InChI=1S/C86H129N25O22S2/c1-46(97-75(122)62(40-51-41-94-45-96-51)103-71(118)55(90)37-48-16-22-52(113)23-17-48)70(117)107-64(43-134)80(127)106-63(42-112)78(125)98-47(2)82(129)110-35-9-14-66(110)81(128)101-58(30-33-89)74(121)99-56(12-8-34-95-86(92)93)72(119)104-61(39-50-20-26-54(115)27-21-50)77(124)108-65(44-135)79(126)105-60(38-49-18-24-53(114)25-19-49)76(123)100-57(28-29-69(91)116)73(120)102-59(11-4-6-31-87)83(130)109(3)67(13-5-7-32-88)84(131)111-36-10-15-68(111)85(132)133/h16-27,41,45-47,55-68,112-115,134-135H,4-15,28-40,42-44,87-90H2,1-3H3,(H2,91,116)(H,94,96)(H,97,122)(H,98,125)(H,99,121)(H,100,123)(H,101,128)(H,102,120)(H,103,118)(H,104,119)(H,105,126)(H,106,127)(H,107,117)(H,108,124)(H,132,133)(H4,92,93,95)/t46-,47-,55-,56-,57-,58-,59-,60-,61-,62-,63-,64-,65-,66-,67-,68-/m0/s1. The molecule has 2 aliphatic heterocycles. The maximum atomic E-state index is 14.9. The molecule has 0 unspecified atom stereocenters. The number of aliphatic hydroxyl groups is 1. The van der Waals surface area contributed by atoms with Gasteiger partial charge in [-0.1, -0.05) is 36.4 Å². The summed E-state index contributed by atoms with van der Waals surface area (Å²) in [5, 5.41) is 91.3.